The molecule has 1 saturated heterocycles. The fourth-order valence-electron chi connectivity index (χ4n) is 2.92. The van der Waals surface area contributed by atoms with E-state index < -0.39 is 17.8 Å². The second-order valence-corrected chi connectivity index (χ2v) is 6.43. The van der Waals surface area contributed by atoms with Gasteiger partial charge in [-0.1, -0.05) is 0 Å². The molecule has 148 valence electrons. The van der Waals surface area contributed by atoms with Gasteiger partial charge >= 0.3 is 5.97 Å². The molecule has 3 rings (SSSR count). The van der Waals surface area contributed by atoms with Crippen molar-refractivity contribution in [3.63, 3.8) is 0 Å². The van der Waals surface area contributed by atoms with Gasteiger partial charge in [-0.3, -0.25) is 14.4 Å². The Morgan fingerprint density at radius 3 is 2.50 bits per heavy atom. The maximum absolute atomic E-state index is 11.9. The molecule has 0 bridgehead atoms. The van der Waals surface area contributed by atoms with E-state index in [1.807, 2.05) is 24.3 Å². The van der Waals surface area contributed by atoms with Gasteiger partial charge in [-0.05, 0) is 49.2 Å². The van der Waals surface area contributed by atoms with Crippen molar-refractivity contribution in [2.45, 2.75) is 19.3 Å². The smallest absolute Gasteiger partial charge is 0.308 e. The average Bonchev–Trinajstić information content (AvgIpc) is 3.41. The molecule has 0 saturated carbocycles. The van der Waals surface area contributed by atoms with E-state index in [9.17, 15) is 14.4 Å². The van der Waals surface area contributed by atoms with Gasteiger partial charge in [0, 0.05) is 31.0 Å². The second-order valence-electron chi connectivity index (χ2n) is 6.43. The molecule has 0 radical (unpaired) electrons. The molecule has 1 fully saturated rings. The molecule has 28 heavy (non-hydrogen) atoms. The van der Waals surface area contributed by atoms with Gasteiger partial charge in [-0.25, -0.2) is 0 Å². The minimum atomic E-state index is -0.570. The quantitative estimate of drug-likeness (QED) is 0.676. The summed E-state index contributed by atoms with van der Waals surface area (Å²) in [5, 5.41) is 5.22. The summed E-state index contributed by atoms with van der Waals surface area (Å²) in [7, 11) is 0. The summed E-state index contributed by atoms with van der Waals surface area (Å²) in [5.74, 6) is -1.22. The Kier molecular flexibility index (Phi) is 6.67. The summed E-state index contributed by atoms with van der Waals surface area (Å²) in [4.78, 5) is 37.5. The maximum Gasteiger partial charge on any atom is 0.308 e. The summed E-state index contributed by atoms with van der Waals surface area (Å²) in [6.07, 6.45) is 3.76. The molecular formula is C20H23N3O5. The molecule has 0 aliphatic carbocycles. The Morgan fingerprint density at radius 1 is 1.07 bits per heavy atom. The van der Waals surface area contributed by atoms with Gasteiger partial charge in [0.25, 0.3) is 11.8 Å². The van der Waals surface area contributed by atoms with Crippen molar-refractivity contribution in [1.29, 1.82) is 0 Å². The first-order valence-corrected chi connectivity index (χ1v) is 9.24. The summed E-state index contributed by atoms with van der Waals surface area (Å²) < 4.78 is 9.86. The first-order chi connectivity index (χ1) is 13.6. The zero-order valence-corrected chi connectivity index (χ0v) is 15.5. The first-order valence-electron chi connectivity index (χ1n) is 9.24. The Morgan fingerprint density at radius 2 is 1.82 bits per heavy atom. The SMILES string of the molecule is O=C(COC(=O)CCNC(=O)c1ccco1)Nc1ccc(N2CCCC2)cc1. The van der Waals surface area contributed by atoms with Crippen LogP contribution in [-0.2, 0) is 14.3 Å². The predicted molar refractivity (Wildman–Crippen MR) is 103 cm³/mol. The Balaban J connectivity index is 1.33. The standard InChI is InChI=1S/C20H23N3O5/c24-18(22-15-5-7-16(8-6-15)23-11-1-2-12-23)14-28-19(25)9-10-21-20(26)17-4-3-13-27-17/h3-8,13H,1-2,9-12,14H2,(H,21,26)(H,22,24). The van der Waals surface area contributed by atoms with Gasteiger partial charge in [0.05, 0.1) is 12.7 Å². The molecule has 8 heteroatoms. The first kappa shape index (κ1) is 19.5. The lowest BCUT2D eigenvalue weighted by atomic mass is 10.2. The number of nitrogens with zero attached hydrogens (tertiary/aromatic N) is 1. The van der Waals surface area contributed by atoms with Crippen LogP contribution < -0.4 is 15.5 Å². The van der Waals surface area contributed by atoms with Crippen LogP contribution in [0.4, 0.5) is 11.4 Å². The molecule has 0 spiro atoms. The van der Waals surface area contributed by atoms with Gasteiger partial charge in [0.1, 0.15) is 0 Å². The number of hydrogen-bond acceptors (Lipinski definition) is 6. The minimum Gasteiger partial charge on any atom is -0.459 e. The van der Waals surface area contributed by atoms with Gasteiger partial charge in [0.15, 0.2) is 12.4 Å². The van der Waals surface area contributed by atoms with Crippen molar-refractivity contribution in [3.8, 4) is 0 Å². The van der Waals surface area contributed by atoms with E-state index in [-0.39, 0.29) is 25.3 Å². The molecule has 2 N–H and O–H groups in total. The van der Waals surface area contributed by atoms with Crippen LogP contribution in [-0.4, -0.2) is 44.0 Å². The third-order valence-corrected chi connectivity index (χ3v) is 4.35. The lowest BCUT2D eigenvalue weighted by molar-refractivity contribution is -0.147. The number of hydrogen-bond donors (Lipinski definition) is 2. The van der Waals surface area contributed by atoms with Crippen LogP contribution in [0.25, 0.3) is 0 Å². The fourth-order valence-corrected chi connectivity index (χ4v) is 2.92. The second kappa shape index (κ2) is 9.59. The topological polar surface area (TPSA) is 101 Å². The van der Waals surface area contributed by atoms with E-state index in [1.54, 1.807) is 6.07 Å². The number of ether oxygens (including phenoxy) is 1. The van der Waals surface area contributed by atoms with Crippen LogP contribution in [0.1, 0.15) is 29.8 Å². The van der Waals surface area contributed by atoms with E-state index in [1.165, 1.54) is 25.2 Å². The van der Waals surface area contributed by atoms with E-state index in [0.29, 0.717) is 5.69 Å². The molecule has 2 amide bonds. The number of amides is 2. The van der Waals surface area contributed by atoms with E-state index in [0.717, 1.165) is 18.8 Å². The summed E-state index contributed by atoms with van der Waals surface area (Å²) in [6.45, 7) is 1.84. The molecular weight excluding hydrogens is 362 g/mol. The molecule has 2 heterocycles. The number of furan rings is 1. The Bertz CT molecular complexity index is 796. The van der Waals surface area contributed by atoms with Crippen LogP contribution in [0.2, 0.25) is 0 Å². The number of benzene rings is 1. The van der Waals surface area contributed by atoms with Crippen LogP contribution in [0.3, 0.4) is 0 Å². The number of rotatable bonds is 8. The third kappa shape index (κ3) is 5.60. The average molecular weight is 385 g/mol. The molecule has 1 aromatic heterocycles. The lowest BCUT2D eigenvalue weighted by Gasteiger charge is -2.17. The van der Waals surface area contributed by atoms with Crippen molar-refractivity contribution in [2.75, 3.05) is 36.5 Å². The van der Waals surface area contributed by atoms with E-state index >= 15 is 0 Å². The summed E-state index contributed by atoms with van der Waals surface area (Å²) in [5.41, 5.74) is 1.79. The molecule has 1 aromatic carbocycles. The molecule has 8 nitrogen and oxygen atoms in total. The van der Waals surface area contributed by atoms with Crippen molar-refractivity contribution in [1.82, 2.24) is 5.32 Å². The number of esters is 1. The highest BCUT2D eigenvalue weighted by molar-refractivity contribution is 5.93. The minimum absolute atomic E-state index is 0.0374. The normalized spacial score (nSPS) is 13.2. The van der Waals surface area contributed by atoms with Gasteiger partial charge in [0.2, 0.25) is 0 Å². The Hall–Kier alpha value is -3.29. The van der Waals surface area contributed by atoms with Gasteiger partial charge < -0.3 is 24.7 Å². The largest absolute Gasteiger partial charge is 0.459 e. The number of nitrogens with one attached hydrogen (secondary N) is 2. The highest BCUT2D eigenvalue weighted by Crippen LogP contribution is 2.21. The fraction of sp³-hybridized carbons (Fsp3) is 0.350. The lowest BCUT2D eigenvalue weighted by Crippen LogP contribution is -2.27. The van der Waals surface area contributed by atoms with E-state index in [2.05, 4.69) is 15.5 Å². The summed E-state index contributed by atoms with van der Waals surface area (Å²) in [6, 6.07) is 10.7. The van der Waals surface area contributed by atoms with Crippen LogP contribution in [0, 0.1) is 0 Å². The summed E-state index contributed by atoms with van der Waals surface area (Å²) >= 11 is 0. The van der Waals surface area contributed by atoms with Crippen molar-refractivity contribution >= 4 is 29.2 Å². The molecule has 2 aromatic rings. The molecule has 1 aliphatic rings. The van der Waals surface area contributed by atoms with Crippen LogP contribution in [0.15, 0.2) is 47.1 Å². The van der Waals surface area contributed by atoms with Gasteiger partial charge in [-0.15, -0.1) is 0 Å². The molecule has 0 unspecified atom stereocenters. The monoisotopic (exact) mass is 385 g/mol. The van der Waals surface area contributed by atoms with E-state index in [4.69, 9.17) is 9.15 Å². The number of anilines is 2. The van der Waals surface area contributed by atoms with Crippen molar-refractivity contribution in [3.05, 3.63) is 48.4 Å². The van der Waals surface area contributed by atoms with Crippen LogP contribution in [0.5, 0.6) is 0 Å². The van der Waals surface area contributed by atoms with Gasteiger partial charge in [-0.2, -0.15) is 0 Å². The van der Waals surface area contributed by atoms with Crippen molar-refractivity contribution < 1.29 is 23.5 Å². The Labute approximate surface area is 162 Å². The highest BCUT2D eigenvalue weighted by Gasteiger charge is 2.13. The maximum atomic E-state index is 11.9. The highest BCUT2D eigenvalue weighted by atomic mass is 16.5. The molecule has 0 atom stereocenters. The van der Waals surface area contributed by atoms with Crippen LogP contribution >= 0.6 is 0 Å². The zero-order valence-electron chi connectivity index (χ0n) is 15.5. The number of carbonyl (C=O) groups is 3. The third-order valence-electron chi connectivity index (χ3n) is 4.35. The number of carbonyl (C=O) groups excluding carboxylic acids is 3. The molecule has 1 aliphatic heterocycles. The van der Waals surface area contributed by atoms with Crippen molar-refractivity contribution in [2.24, 2.45) is 0 Å². The predicted octanol–water partition coefficient (Wildman–Crippen LogP) is 2.18. The zero-order chi connectivity index (χ0) is 19.8.